The Hall–Kier alpha value is -1.33. The topological polar surface area (TPSA) is 45.2 Å². The molecule has 4 nitrogen and oxygen atoms in total. The lowest BCUT2D eigenvalue weighted by Gasteiger charge is -2.31. The number of carbonyl (C=O) groups is 1. The predicted molar refractivity (Wildman–Crippen MR) is 90.7 cm³/mol. The first-order valence-electron chi connectivity index (χ1n) is 7.81. The van der Waals surface area contributed by atoms with Crippen LogP contribution in [0.5, 0.6) is 0 Å². The molecule has 2 aliphatic rings. The lowest BCUT2D eigenvalue weighted by molar-refractivity contribution is -0.125. The summed E-state index contributed by atoms with van der Waals surface area (Å²) < 4.78 is 1.10. The fraction of sp³-hybridized carbons (Fsp3) is 0.500. The molecule has 1 unspecified atom stereocenters. The molecular weight excluding hydrogens is 318 g/mol. The van der Waals surface area contributed by atoms with Gasteiger partial charge in [-0.3, -0.25) is 4.79 Å². The minimum absolute atomic E-state index is 0.0804. The van der Waals surface area contributed by atoms with E-state index in [1.54, 1.807) is 11.3 Å². The average molecular weight is 336 g/mol. The number of benzene rings is 1. The molecule has 2 heterocycles. The zero-order valence-electron chi connectivity index (χ0n) is 12.2. The largest absolute Gasteiger partial charge is 0.353 e. The number of carbonyl (C=O) groups excluding carboxylic acids is 1. The smallest absolute Gasteiger partial charge is 0.225 e. The lowest BCUT2D eigenvalue weighted by Crippen LogP contribution is -2.43. The SMILES string of the molecule is O=C(NC1CC1)C1CCCN(c2nc3c(Cl)cccc3s2)C1. The zero-order valence-corrected chi connectivity index (χ0v) is 13.8. The summed E-state index contributed by atoms with van der Waals surface area (Å²) in [6, 6.07) is 6.30. The summed E-state index contributed by atoms with van der Waals surface area (Å²) in [6.45, 7) is 1.72. The van der Waals surface area contributed by atoms with Crippen molar-refractivity contribution in [1.82, 2.24) is 10.3 Å². The van der Waals surface area contributed by atoms with Crippen molar-refractivity contribution in [3.63, 3.8) is 0 Å². The summed E-state index contributed by atoms with van der Waals surface area (Å²) in [5, 5.41) is 4.80. The number of aromatic nitrogens is 1. The molecule has 0 radical (unpaired) electrons. The minimum Gasteiger partial charge on any atom is -0.353 e. The molecule has 6 heteroatoms. The van der Waals surface area contributed by atoms with Crippen LogP contribution in [-0.2, 0) is 4.79 Å². The molecule has 1 aliphatic carbocycles. The van der Waals surface area contributed by atoms with E-state index in [1.807, 2.05) is 18.2 Å². The summed E-state index contributed by atoms with van der Waals surface area (Å²) >= 11 is 7.87. The van der Waals surface area contributed by atoms with Gasteiger partial charge in [0.25, 0.3) is 0 Å². The molecule has 22 heavy (non-hydrogen) atoms. The number of anilines is 1. The van der Waals surface area contributed by atoms with Gasteiger partial charge in [0.05, 0.1) is 15.6 Å². The van der Waals surface area contributed by atoms with Gasteiger partial charge in [0.1, 0.15) is 5.52 Å². The van der Waals surface area contributed by atoms with Crippen LogP contribution < -0.4 is 10.2 Å². The van der Waals surface area contributed by atoms with E-state index in [-0.39, 0.29) is 11.8 Å². The molecule has 2 aromatic rings. The summed E-state index contributed by atoms with van der Waals surface area (Å²) in [6.07, 6.45) is 4.28. The number of halogens is 1. The molecule has 1 saturated heterocycles. The molecule has 1 aliphatic heterocycles. The fourth-order valence-electron chi connectivity index (χ4n) is 2.95. The molecule has 1 aromatic heterocycles. The Morgan fingerprint density at radius 2 is 2.23 bits per heavy atom. The zero-order chi connectivity index (χ0) is 15.1. The average Bonchev–Trinajstić information content (AvgIpc) is 3.23. The number of thiazole rings is 1. The lowest BCUT2D eigenvalue weighted by atomic mass is 9.97. The van der Waals surface area contributed by atoms with Gasteiger partial charge in [0.15, 0.2) is 5.13 Å². The molecule has 0 spiro atoms. The quantitative estimate of drug-likeness (QED) is 0.934. The maximum atomic E-state index is 12.3. The van der Waals surface area contributed by atoms with Crippen LogP contribution in [0.1, 0.15) is 25.7 Å². The second-order valence-corrected chi connectivity index (χ2v) is 7.57. The number of nitrogens with one attached hydrogen (secondary N) is 1. The number of fused-ring (bicyclic) bond motifs is 1. The highest BCUT2D eigenvalue weighted by Gasteiger charge is 2.31. The van der Waals surface area contributed by atoms with Gasteiger partial charge in [-0.05, 0) is 37.8 Å². The molecule has 1 atom stereocenters. The summed E-state index contributed by atoms with van der Waals surface area (Å²) in [7, 11) is 0. The van der Waals surface area contributed by atoms with Gasteiger partial charge in [-0.15, -0.1) is 0 Å². The van der Waals surface area contributed by atoms with Crippen LogP contribution in [0, 0.1) is 5.92 Å². The number of amides is 1. The standard InChI is InChI=1S/C16H18ClN3OS/c17-12-4-1-5-13-14(12)19-16(22-13)20-8-2-3-10(9-20)15(21)18-11-6-7-11/h1,4-5,10-11H,2-3,6-9H2,(H,18,21). The van der Waals surface area contributed by atoms with Crippen molar-refractivity contribution < 1.29 is 4.79 Å². The van der Waals surface area contributed by atoms with Crippen molar-refractivity contribution >= 4 is 44.2 Å². The molecule has 116 valence electrons. The van der Waals surface area contributed by atoms with Gasteiger partial charge in [0.2, 0.25) is 5.91 Å². The number of para-hydroxylation sites is 1. The summed E-state index contributed by atoms with van der Waals surface area (Å²) in [5.74, 6) is 0.295. The highest BCUT2D eigenvalue weighted by atomic mass is 35.5. The monoisotopic (exact) mass is 335 g/mol. The number of hydrogen-bond acceptors (Lipinski definition) is 4. The highest BCUT2D eigenvalue weighted by Crippen LogP contribution is 2.34. The van der Waals surface area contributed by atoms with Crippen LogP contribution in [0.15, 0.2) is 18.2 Å². The van der Waals surface area contributed by atoms with Crippen molar-refractivity contribution in [2.75, 3.05) is 18.0 Å². The van der Waals surface area contributed by atoms with E-state index in [0.717, 1.165) is 54.1 Å². The first-order valence-corrected chi connectivity index (χ1v) is 9.00. The first kappa shape index (κ1) is 14.3. The summed E-state index contributed by atoms with van der Waals surface area (Å²) in [4.78, 5) is 19.2. The van der Waals surface area contributed by atoms with Crippen molar-refractivity contribution in [3.05, 3.63) is 23.2 Å². The second kappa shape index (κ2) is 5.70. The Morgan fingerprint density at radius 1 is 1.36 bits per heavy atom. The molecule has 2 fully saturated rings. The Balaban J connectivity index is 1.52. The summed E-state index contributed by atoms with van der Waals surface area (Å²) in [5.41, 5.74) is 0.869. The predicted octanol–water partition coefficient (Wildman–Crippen LogP) is 3.44. The Kier molecular flexibility index (Phi) is 3.70. The van der Waals surface area contributed by atoms with Gasteiger partial charge >= 0.3 is 0 Å². The highest BCUT2D eigenvalue weighted by molar-refractivity contribution is 7.22. The van der Waals surface area contributed by atoms with Crippen molar-refractivity contribution in [3.8, 4) is 0 Å². The molecule has 0 bridgehead atoms. The van der Waals surface area contributed by atoms with Crippen molar-refractivity contribution in [2.45, 2.75) is 31.7 Å². The van der Waals surface area contributed by atoms with Crippen LogP contribution >= 0.6 is 22.9 Å². The molecule has 1 saturated carbocycles. The molecule has 1 aromatic carbocycles. The maximum Gasteiger partial charge on any atom is 0.225 e. The van der Waals surface area contributed by atoms with E-state index in [9.17, 15) is 4.79 Å². The van der Waals surface area contributed by atoms with E-state index in [0.29, 0.717) is 11.1 Å². The van der Waals surface area contributed by atoms with Crippen LogP contribution in [-0.4, -0.2) is 30.0 Å². The van der Waals surface area contributed by atoms with E-state index in [1.165, 1.54) is 0 Å². The number of piperidine rings is 1. The first-order chi connectivity index (χ1) is 10.7. The minimum atomic E-state index is 0.0804. The number of hydrogen-bond donors (Lipinski definition) is 1. The Morgan fingerprint density at radius 3 is 3.00 bits per heavy atom. The van der Waals surface area contributed by atoms with Gasteiger partial charge < -0.3 is 10.2 Å². The number of nitrogens with zero attached hydrogens (tertiary/aromatic N) is 2. The molecule has 1 amide bonds. The van der Waals surface area contributed by atoms with Gasteiger partial charge in [-0.25, -0.2) is 4.98 Å². The third-order valence-corrected chi connectivity index (χ3v) is 5.73. The second-order valence-electron chi connectivity index (χ2n) is 6.15. The maximum absolute atomic E-state index is 12.3. The number of rotatable bonds is 3. The normalized spacial score (nSPS) is 22.0. The van der Waals surface area contributed by atoms with Crippen LogP contribution in [0.2, 0.25) is 5.02 Å². The van der Waals surface area contributed by atoms with Gasteiger partial charge in [-0.1, -0.05) is 29.0 Å². The third kappa shape index (κ3) is 2.79. The molecular formula is C16H18ClN3OS. The van der Waals surface area contributed by atoms with Gasteiger partial charge in [-0.2, -0.15) is 0 Å². The molecule has 1 N–H and O–H groups in total. The fourth-order valence-corrected chi connectivity index (χ4v) is 4.25. The van der Waals surface area contributed by atoms with E-state index < -0.39 is 0 Å². The van der Waals surface area contributed by atoms with Crippen molar-refractivity contribution in [2.24, 2.45) is 5.92 Å². The van der Waals surface area contributed by atoms with Crippen LogP contribution in [0.3, 0.4) is 0 Å². The Bertz CT molecular complexity index is 712. The van der Waals surface area contributed by atoms with Crippen LogP contribution in [0.4, 0.5) is 5.13 Å². The molecule has 4 rings (SSSR count). The van der Waals surface area contributed by atoms with Gasteiger partial charge in [0, 0.05) is 19.1 Å². The van der Waals surface area contributed by atoms with E-state index >= 15 is 0 Å². The third-order valence-electron chi connectivity index (χ3n) is 4.34. The Labute approximate surface area is 138 Å². The van der Waals surface area contributed by atoms with Crippen molar-refractivity contribution in [1.29, 1.82) is 0 Å². The van der Waals surface area contributed by atoms with E-state index in [2.05, 4.69) is 15.2 Å². The van der Waals surface area contributed by atoms with E-state index in [4.69, 9.17) is 11.6 Å². The van der Waals surface area contributed by atoms with Crippen LogP contribution in [0.25, 0.3) is 10.2 Å².